The Morgan fingerprint density at radius 3 is 2.23 bits per heavy atom. The van der Waals surface area contributed by atoms with Gasteiger partial charge in [-0.05, 0) is 44.4 Å². The van der Waals surface area contributed by atoms with Gasteiger partial charge in [0.2, 0.25) is 0 Å². The van der Waals surface area contributed by atoms with Crippen molar-refractivity contribution in [2.45, 2.75) is 52.7 Å². The van der Waals surface area contributed by atoms with Crippen LogP contribution in [0.1, 0.15) is 52.6 Å². The second kappa shape index (κ2) is 12.1. The first kappa shape index (κ1) is 26.1. The van der Waals surface area contributed by atoms with E-state index in [1.54, 1.807) is 40.0 Å². The summed E-state index contributed by atoms with van der Waals surface area (Å²) >= 11 is 0. The lowest BCUT2D eigenvalue weighted by atomic mass is 10.0. The van der Waals surface area contributed by atoms with E-state index in [0.29, 0.717) is 23.9 Å². The number of carbonyl (C=O) groups excluding carboxylic acids is 2. The Balaban J connectivity index is 3.28. The number of nitrogens with one attached hydrogen (secondary N) is 1. The Labute approximate surface area is 184 Å². The summed E-state index contributed by atoms with van der Waals surface area (Å²) in [4.78, 5) is 24.4. The second-order valence-corrected chi connectivity index (χ2v) is 8.36. The van der Waals surface area contributed by atoms with Crippen LogP contribution in [0.5, 0.6) is 11.5 Å². The summed E-state index contributed by atoms with van der Waals surface area (Å²) < 4.78 is 26.7. The number of hydrogen-bond donors (Lipinski definition) is 1. The molecule has 1 amide bonds. The van der Waals surface area contributed by atoms with Gasteiger partial charge >= 0.3 is 12.1 Å². The Kier molecular flexibility index (Phi) is 10.2. The van der Waals surface area contributed by atoms with Gasteiger partial charge in [0.15, 0.2) is 11.5 Å². The first-order valence-corrected chi connectivity index (χ1v) is 10.1. The molecular formula is C23H35NO7. The van der Waals surface area contributed by atoms with Crippen LogP contribution in [0.3, 0.4) is 0 Å². The predicted molar refractivity (Wildman–Crippen MR) is 117 cm³/mol. The number of benzene rings is 1. The van der Waals surface area contributed by atoms with Gasteiger partial charge in [0.25, 0.3) is 0 Å². The number of ether oxygens (including phenoxy) is 5. The van der Waals surface area contributed by atoms with Gasteiger partial charge in [-0.1, -0.05) is 19.9 Å². The van der Waals surface area contributed by atoms with E-state index in [-0.39, 0.29) is 12.3 Å². The molecule has 0 aliphatic carbocycles. The van der Waals surface area contributed by atoms with Crippen molar-refractivity contribution in [3.63, 3.8) is 0 Å². The van der Waals surface area contributed by atoms with Crippen LogP contribution >= 0.6 is 0 Å². The summed E-state index contributed by atoms with van der Waals surface area (Å²) in [7, 11) is 4.38. The molecule has 1 aromatic carbocycles. The molecule has 0 spiro atoms. The number of methoxy groups -OCH3 is 3. The molecule has 8 heteroatoms. The van der Waals surface area contributed by atoms with Crippen molar-refractivity contribution in [3.05, 3.63) is 35.6 Å². The maximum Gasteiger partial charge on any atom is 0.408 e. The smallest absolute Gasteiger partial charge is 0.408 e. The average Bonchev–Trinajstić information content (AvgIpc) is 2.69. The lowest BCUT2D eigenvalue weighted by Gasteiger charge is -2.25. The Morgan fingerprint density at radius 1 is 1.06 bits per heavy atom. The van der Waals surface area contributed by atoms with Gasteiger partial charge in [-0.3, -0.25) is 0 Å². The van der Waals surface area contributed by atoms with Crippen molar-refractivity contribution >= 4 is 12.1 Å². The van der Waals surface area contributed by atoms with Crippen molar-refractivity contribution in [1.29, 1.82) is 0 Å². The van der Waals surface area contributed by atoms with Crippen molar-refractivity contribution in [2.24, 2.45) is 5.92 Å². The van der Waals surface area contributed by atoms with Gasteiger partial charge in [0.1, 0.15) is 11.4 Å². The van der Waals surface area contributed by atoms with Gasteiger partial charge in [-0.2, -0.15) is 0 Å². The highest BCUT2D eigenvalue weighted by Crippen LogP contribution is 2.32. The Bertz CT molecular complexity index is 766. The number of hydrogen-bond acceptors (Lipinski definition) is 7. The summed E-state index contributed by atoms with van der Waals surface area (Å²) in [5, 5.41) is 2.86. The van der Waals surface area contributed by atoms with Gasteiger partial charge in [-0.25, -0.2) is 9.59 Å². The fourth-order valence-electron chi connectivity index (χ4n) is 2.60. The highest BCUT2D eigenvalue weighted by Gasteiger charge is 2.24. The predicted octanol–water partition coefficient (Wildman–Crippen LogP) is 4.39. The topological polar surface area (TPSA) is 92.3 Å². The summed E-state index contributed by atoms with van der Waals surface area (Å²) in [6.07, 6.45) is 0.900. The molecule has 1 N–H and O–H groups in total. The fraction of sp³-hybridized carbons (Fsp3) is 0.565. The molecule has 0 aliphatic heterocycles. The SMILES string of the molecule is COC(=O)C=C(CC(NC(=O)OC(C)(C)C)c1ccc(OC)c(OC)c1)OCC(C)C. The minimum absolute atomic E-state index is 0.205. The van der Waals surface area contributed by atoms with Crippen molar-refractivity contribution in [2.75, 3.05) is 27.9 Å². The summed E-state index contributed by atoms with van der Waals surface area (Å²) in [6, 6.07) is 4.76. The van der Waals surface area contributed by atoms with Crippen LogP contribution < -0.4 is 14.8 Å². The minimum Gasteiger partial charge on any atom is -0.497 e. The maximum atomic E-state index is 12.5. The molecule has 174 valence electrons. The third-order valence-electron chi connectivity index (χ3n) is 3.99. The zero-order valence-electron chi connectivity index (χ0n) is 19.7. The molecule has 0 fully saturated rings. The summed E-state index contributed by atoms with van der Waals surface area (Å²) in [5.74, 6) is 1.17. The quantitative estimate of drug-likeness (QED) is 0.330. The van der Waals surface area contributed by atoms with E-state index < -0.39 is 23.7 Å². The average molecular weight is 438 g/mol. The summed E-state index contributed by atoms with van der Waals surface area (Å²) in [5.41, 5.74) is 0.0674. The van der Waals surface area contributed by atoms with E-state index in [4.69, 9.17) is 23.7 Å². The first-order chi connectivity index (χ1) is 14.5. The maximum absolute atomic E-state index is 12.5. The molecule has 0 aliphatic rings. The van der Waals surface area contributed by atoms with Crippen LogP contribution in [0.2, 0.25) is 0 Å². The van der Waals surface area contributed by atoms with Gasteiger partial charge in [-0.15, -0.1) is 0 Å². The van der Waals surface area contributed by atoms with Gasteiger partial charge < -0.3 is 29.0 Å². The van der Waals surface area contributed by atoms with Crippen molar-refractivity contribution in [1.82, 2.24) is 5.32 Å². The van der Waals surface area contributed by atoms with Crippen LogP contribution in [0.4, 0.5) is 4.79 Å². The van der Waals surface area contributed by atoms with Crippen LogP contribution in [-0.2, 0) is 19.0 Å². The first-order valence-electron chi connectivity index (χ1n) is 10.1. The van der Waals surface area contributed by atoms with E-state index in [1.165, 1.54) is 20.3 Å². The molecule has 8 nitrogen and oxygen atoms in total. The lowest BCUT2D eigenvalue weighted by molar-refractivity contribution is -0.135. The largest absolute Gasteiger partial charge is 0.497 e. The molecule has 1 rings (SSSR count). The zero-order valence-corrected chi connectivity index (χ0v) is 19.7. The highest BCUT2D eigenvalue weighted by atomic mass is 16.6. The summed E-state index contributed by atoms with van der Waals surface area (Å²) in [6.45, 7) is 9.76. The van der Waals surface area contributed by atoms with Crippen LogP contribution in [0, 0.1) is 5.92 Å². The van der Waals surface area contributed by atoms with E-state index in [9.17, 15) is 9.59 Å². The Hall–Kier alpha value is -2.90. The monoisotopic (exact) mass is 437 g/mol. The van der Waals surface area contributed by atoms with Crippen LogP contribution in [-0.4, -0.2) is 45.6 Å². The normalized spacial score (nSPS) is 12.7. The molecule has 0 heterocycles. The number of rotatable bonds is 10. The zero-order chi connectivity index (χ0) is 23.6. The van der Waals surface area contributed by atoms with Gasteiger partial charge in [0, 0.05) is 6.42 Å². The molecule has 31 heavy (non-hydrogen) atoms. The number of carbonyl (C=O) groups is 2. The minimum atomic E-state index is -0.662. The van der Waals surface area contributed by atoms with E-state index in [1.807, 2.05) is 19.9 Å². The number of alkyl carbamates (subject to hydrolysis) is 1. The molecular weight excluding hydrogens is 402 g/mol. The van der Waals surface area contributed by atoms with E-state index in [0.717, 1.165) is 5.56 Å². The highest BCUT2D eigenvalue weighted by molar-refractivity contribution is 5.82. The van der Waals surface area contributed by atoms with Crippen molar-refractivity contribution < 1.29 is 33.3 Å². The standard InChI is InChI=1S/C23H35NO7/c1-15(2)14-30-17(13-21(25)29-8)12-18(24-22(26)31-23(3,4)5)16-9-10-19(27-6)20(11-16)28-7/h9-11,13,15,18H,12,14H2,1-8H3,(H,24,26). The molecule has 1 atom stereocenters. The van der Waals surface area contributed by atoms with Crippen molar-refractivity contribution in [3.8, 4) is 11.5 Å². The molecule has 1 aromatic rings. The van der Waals surface area contributed by atoms with Gasteiger partial charge in [0.05, 0.1) is 40.1 Å². The molecule has 1 unspecified atom stereocenters. The molecule has 0 aromatic heterocycles. The molecule has 0 bridgehead atoms. The fourth-order valence-corrected chi connectivity index (χ4v) is 2.60. The molecule has 0 radical (unpaired) electrons. The third-order valence-corrected chi connectivity index (χ3v) is 3.99. The second-order valence-electron chi connectivity index (χ2n) is 8.36. The Morgan fingerprint density at radius 2 is 1.71 bits per heavy atom. The van der Waals surface area contributed by atoms with E-state index >= 15 is 0 Å². The lowest BCUT2D eigenvalue weighted by Crippen LogP contribution is -2.35. The van der Waals surface area contributed by atoms with Crippen LogP contribution in [0.15, 0.2) is 30.0 Å². The number of amides is 1. The van der Waals surface area contributed by atoms with E-state index in [2.05, 4.69) is 5.32 Å². The number of esters is 1. The third kappa shape index (κ3) is 9.63. The van der Waals surface area contributed by atoms with Crippen LogP contribution in [0.25, 0.3) is 0 Å². The molecule has 0 saturated carbocycles. The molecule has 0 saturated heterocycles.